The molecule has 0 aliphatic carbocycles. The van der Waals surface area contributed by atoms with Crippen molar-refractivity contribution in [1.29, 1.82) is 0 Å². The van der Waals surface area contributed by atoms with Gasteiger partial charge in [-0.3, -0.25) is 4.79 Å². The van der Waals surface area contributed by atoms with Crippen molar-refractivity contribution in [2.75, 3.05) is 13.2 Å². The van der Waals surface area contributed by atoms with E-state index in [9.17, 15) is 4.79 Å². The molecule has 4 heteroatoms. The highest BCUT2D eigenvalue weighted by Gasteiger charge is 2.28. The van der Waals surface area contributed by atoms with Crippen molar-refractivity contribution in [3.63, 3.8) is 0 Å². The molecule has 1 aliphatic heterocycles. The van der Waals surface area contributed by atoms with Crippen LogP contribution in [-0.2, 0) is 9.53 Å². The minimum atomic E-state index is -0.802. The lowest BCUT2D eigenvalue weighted by Gasteiger charge is -2.35. The molecular weight excluding hydrogens is 170 g/mol. The average Bonchev–Trinajstić information content (AvgIpc) is 1.99. The molecule has 1 fully saturated rings. The summed E-state index contributed by atoms with van der Waals surface area (Å²) in [5, 5.41) is 11.5. The van der Waals surface area contributed by atoms with E-state index in [1.54, 1.807) is 0 Å². The highest BCUT2D eigenvalue weighted by molar-refractivity contribution is 5.69. The van der Waals surface area contributed by atoms with Gasteiger partial charge >= 0.3 is 5.97 Å². The van der Waals surface area contributed by atoms with E-state index in [2.05, 4.69) is 5.32 Å². The van der Waals surface area contributed by atoms with E-state index in [1.807, 2.05) is 13.8 Å². The third-order valence-electron chi connectivity index (χ3n) is 2.24. The van der Waals surface area contributed by atoms with E-state index in [-0.39, 0.29) is 18.2 Å². The normalized spacial score (nSPS) is 27.1. The molecule has 1 rings (SSSR count). The summed E-state index contributed by atoms with van der Waals surface area (Å²) in [4.78, 5) is 10.3. The minimum absolute atomic E-state index is 0.0424. The fourth-order valence-corrected chi connectivity index (χ4v) is 1.64. The average molecular weight is 187 g/mol. The van der Waals surface area contributed by atoms with Gasteiger partial charge in [-0.15, -0.1) is 0 Å². The summed E-state index contributed by atoms with van der Waals surface area (Å²) in [6, 6.07) is 0.278. The molecule has 1 heterocycles. The molecule has 0 saturated carbocycles. The van der Waals surface area contributed by atoms with Gasteiger partial charge in [-0.25, -0.2) is 0 Å². The van der Waals surface area contributed by atoms with Crippen LogP contribution in [0, 0.1) is 0 Å². The van der Waals surface area contributed by atoms with Gasteiger partial charge in [-0.2, -0.15) is 0 Å². The van der Waals surface area contributed by atoms with Gasteiger partial charge in [0.15, 0.2) is 0 Å². The zero-order valence-corrected chi connectivity index (χ0v) is 8.17. The zero-order chi connectivity index (χ0) is 9.90. The van der Waals surface area contributed by atoms with Gasteiger partial charge < -0.3 is 15.2 Å². The summed E-state index contributed by atoms with van der Waals surface area (Å²) >= 11 is 0. The second-order valence-corrected chi connectivity index (χ2v) is 4.07. The van der Waals surface area contributed by atoms with Crippen molar-refractivity contribution in [3.05, 3.63) is 0 Å². The fraction of sp³-hybridized carbons (Fsp3) is 0.889. The number of rotatable bonds is 3. The molecule has 1 aliphatic rings. The molecule has 0 bridgehead atoms. The van der Waals surface area contributed by atoms with E-state index in [1.165, 1.54) is 0 Å². The number of hydrogen-bond acceptors (Lipinski definition) is 3. The summed E-state index contributed by atoms with van der Waals surface area (Å²) in [5.74, 6) is -0.802. The summed E-state index contributed by atoms with van der Waals surface area (Å²) in [5.41, 5.74) is -0.117. The molecule has 13 heavy (non-hydrogen) atoms. The van der Waals surface area contributed by atoms with Crippen LogP contribution in [0.4, 0.5) is 0 Å². The van der Waals surface area contributed by atoms with Gasteiger partial charge in [0, 0.05) is 12.6 Å². The van der Waals surface area contributed by atoms with E-state index >= 15 is 0 Å². The molecular formula is C9H17NO3. The Morgan fingerprint density at radius 2 is 2.38 bits per heavy atom. The summed E-state index contributed by atoms with van der Waals surface area (Å²) < 4.78 is 5.51. The first-order valence-electron chi connectivity index (χ1n) is 4.59. The van der Waals surface area contributed by atoms with Crippen LogP contribution in [0.25, 0.3) is 0 Å². The highest BCUT2D eigenvalue weighted by Crippen LogP contribution is 2.23. The van der Waals surface area contributed by atoms with Gasteiger partial charge in [0.2, 0.25) is 0 Å². The molecule has 0 aromatic rings. The third-order valence-corrected chi connectivity index (χ3v) is 2.24. The van der Waals surface area contributed by atoms with Crippen LogP contribution in [0.15, 0.2) is 0 Å². The quantitative estimate of drug-likeness (QED) is 0.680. The number of carbonyl (C=O) groups is 1. The first-order chi connectivity index (χ1) is 5.99. The Bertz CT molecular complexity index is 191. The largest absolute Gasteiger partial charge is 0.480 e. The van der Waals surface area contributed by atoms with Gasteiger partial charge in [0.1, 0.15) is 0 Å². The van der Waals surface area contributed by atoms with Gasteiger partial charge in [0.25, 0.3) is 0 Å². The van der Waals surface area contributed by atoms with Crippen LogP contribution < -0.4 is 5.32 Å². The number of aliphatic carboxylic acids is 1. The molecule has 0 amide bonds. The van der Waals surface area contributed by atoms with Crippen LogP contribution in [-0.4, -0.2) is 35.9 Å². The van der Waals surface area contributed by atoms with Gasteiger partial charge in [0.05, 0.1) is 12.1 Å². The van der Waals surface area contributed by atoms with Crippen LogP contribution in [0.2, 0.25) is 0 Å². The summed E-state index contributed by atoms with van der Waals surface area (Å²) in [6.07, 6.45) is 1.77. The van der Waals surface area contributed by atoms with Crippen molar-refractivity contribution in [1.82, 2.24) is 5.32 Å². The second-order valence-electron chi connectivity index (χ2n) is 4.07. The lowest BCUT2D eigenvalue weighted by Crippen LogP contribution is -2.45. The Morgan fingerprint density at radius 3 is 2.92 bits per heavy atom. The third kappa shape index (κ3) is 3.74. The predicted octanol–water partition coefficient (Wildman–Crippen LogP) is 0.618. The minimum Gasteiger partial charge on any atom is -0.480 e. The molecule has 76 valence electrons. The standard InChI is InChI=1S/C9H17NO3/c1-9(2)5-7(3-4-13-9)10-6-8(11)12/h7,10H,3-6H2,1-2H3,(H,11,12). The Labute approximate surface area is 78.3 Å². The number of carboxylic acids is 1. The maximum atomic E-state index is 10.3. The van der Waals surface area contributed by atoms with Crippen LogP contribution in [0.3, 0.4) is 0 Å². The Morgan fingerprint density at radius 1 is 1.69 bits per heavy atom. The number of ether oxygens (including phenoxy) is 1. The van der Waals surface area contributed by atoms with Gasteiger partial charge in [-0.1, -0.05) is 0 Å². The van der Waals surface area contributed by atoms with E-state index in [4.69, 9.17) is 9.84 Å². The predicted molar refractivity (Wildman–Crippen MR) is 48.7 cm³/mol. The number of hydrogen-bond donors (Lipinski definition) is 2. The van der Waals surface area contributed by atoms with Crippen molar-refractivity contribution in [3.8, 4) is 0 Å². The van der Waals surface area contributed by atoms with Crippen molar-refractivity contribution >= 4 is 5.97 Å². The van der Waals surface area contributed by atoms with Crippen molar-refractivity contribution < 1.29 is 14.6 Å². The maximum absolute atomic E-state index is 10.3. The lowest BCUT2D eigenvalue weighted by molar-refractivity contribution is -0.136. The zero-order valence-electron chi connectivity index (χ0n) is 8.17. The van der Waals surface area contributed by atoms with E-state index in [0.717, 1.165) is 12.8 Å². The first kappa shape index (κ1) is 10.5. The van der Waals surface area contributed by atoms with E-state index < -0.39 is 5.97 Å². The molecule has 0 aromatic carbocycles. The Hall–Kier alpha value is -0.610. The second kappa shape index (κ2) is 4.07. The first-order valence-corrected chi connectivity index (χ1v) is 4.59. The molecule has 0 aromatic heterocycles. The van der Waals surface area contributed by atoms with E-state index in [0.29, 0.717) is 6.61 Å². The van der Waals surface area contributed by atoms with Crippen LogP contribution in [0.5, 0.6) is 0 Å². The topological polar surface area (TPSA) is 58.6 Å². The van der Waals surface area contributed by atoms with Crippen molar-refractivity contribution in [2.24, 2.45) is 0 Å². The SMILES string of the molecule is CC1(C)CC(NCC(=O)O)CCO1. The summed E-state index contributed by atoms with van der Waals surface area (Å²) in [7, 11) is 0. The fourth-order valence-electron chi connectivity index (χ4n) is 1.64. The van der Waals surface area contributed by atoms with Gasteiger partial charge in [-0.05, 0) is 26.7 Å². The molecule has 1 unspecified atom stereocenters. The number of carboxylic acid groups (broad SMARTS) is 1. The lowest BCUT2D eigenvalue weighted by atomic mass is 9.94. The molecule has 1 atom stereocenters. The summed E-state index contributed by atoms with van der Waals surface area (Å²) in [6.45, 7) is 4.81. The van der Waals surface area contributed by atoms with Crippen molar-refractivity contribution in [2.45, 2.75) is 38.3 Å². The molecule has 1 saturated heterocycles. The smallest absolute Gasteiger partial charge is 0.317 e. The molecule has 4 nitrogen and oxygen atoms in total. The van der Waals surface area contributed by atoms with Crippen LogP contribution >= 0.6 is 0 Å². The Kier molecular flexibility index (Phi) is 3.27. The highest BCUT2D eigenvalue weighted by atomic mass is 16.5. The molecule has 2 N–H and O–H groups in total. The Balaban J connectivity index is 2.30. The maximum Gasteiger partial charge on any atom is 0.317 e. The molecule has 0 radical (unpaired) electrons. The monoisotopic (exact) mass is 187 g/mol. The number of nitrogens with one attached hydrogen (secondary N) is 1. The molecule has 0 spiro atoms. The van der Waals surface area contributed by atoms with Crippen LogP contribution in [0.1, 0.15) is 26.7 Å².